The van der Waals surface area contributed by atoms with Gasteiger partial charge in [0.1, 0.15) is 0 Å². The molecule has 1 aliphatic carbocycles. The molecule has 1 saturated carbocycles. The van der Waals surface area contributed by atoms with Crippen LogP contribution >= 0.6 is 0 Å². The molecule has 1 fully saturated rings. The van der Waals surface area contributed by atoms with Crippen molar-refractivity contribution >= 4 is 17.5 Å². The Labute approximate surface area is 139 Å². The topological polar surface area (TPSA) is 49.4 Å². The van der Waals surface area contributed by atoms with Crippen LogP contribution in [-0.2, 0) is 16.0 Å². The lowest BCUT2D eigenvalue weighted by Gasteiger charge is -2.21. The number of amides is 2. The molecule has 1 aromatic rings. The van der Waals surface area contributed by atoms with Crippen LogP contribution < -0.4 is 5.32 Å². The van der Waals surface area contributed by atoms with Gasteiger partial charge in [-0.15, -0.1) is 0 Å². The summed E-state index contributed by atoms with van der Waals surface area (Å²) in [6.07, 6.45) is 3.58. The number of hydrogen-bond donors (Lipinski definition) is 1. The van der Waals surface area contributed by atoms with Crippen molar-refractivity contribution < 1.29 is 9.59 Å². The number of anilines is 1. The van der Waals surface area contributed by atoms with Crippen molar-refractivity contribution in [1.82, 2.24) is 4.90 Å². The fourth-order valence-corrected chi connectivity index (χ4v) is 2.92. The molecule has 4 nitrogen and oxygen atoms in total. The SMILES string of the molecule is CCCN(CCC)C(=O)C1CC1C(=O)Nc1ccc(CC)cc1. The largest absolute Gasteiger partial charge is 0.342 e. The van der Waals surface area contributed by atoms with E-state index in [1.807, 2.05) is 29.2 Å². The highest BCUT2D eigenvalue weighted by Gasteiger charge is 2.49. The summed E-state index contributed by atoms with van der Waals surface area (Å²) in [7, 11) is 0. The molecule has 126 valence electrons. The van der Waals surface area contributed by atoms with Crippen LogP contribution in [0.5, 0.6) is 0 Å². The number of rotatable bonds is 8. The van der Waals surface area contributed by atoms with Gasteiger partial charge in [0.2, 0.25) is 11.8 Å². The third kappa shape index (κ3) is 4.57. The van der Waals surface area contributed by atoms with Crippen molar-refractivity contribution in [3.63, 3.8) is 0 Å². The van der Waals surface area contributed by atoms with E-state index >= 15 is 0 Å². The van der Waals surface area contributed by atoms with Crippen molar-refractivity contribution in [2.45, 2.75) is 46.5 Å². The maximum absolute atomic E-state index is 12.5. The molecule has 0 spiro atoms. The number of carbonyl (C=O) groups is 2. The van der Waals surface area contributed by atoms with E-state index in [1.165, 1.54) is 5.56 Å². The van der Waals surface area contributed by atoms with Crippen LogP contribution in [0, 0.1) is 11.8 Å². The Hall–Kier alpha value is -1.84. The quantitative estimate of drug-likeness (QED) is 0.798. The van der Waals surface area contributed by atoms with E-state index in [1.54, 1.807) is 0 Å². The van der Waals surface area contributed by atoms with E-state index in [-0.39, 0.29) is 23.7 Å². The molecule has 1 N–H and O–H groups in total. The van der Waals surface area contributed by atoms with Gasteiger partial charge in [-0.1, -0.05) is 32.9 Å². The molecule has 0 saturated heterocycles. The Kier molecular flexibility index (Phi) is 6.20. The van der Waals surface area contributed by atoms with Gasteiger partial charge in [-0.05, 0) is 43.4 Å². The van der Waals surface area contributed by atoms with Crippen molar-refractivity contribution in [3.8, 4) is 0 Å². The summed E-state index contributed by atoms with van der Waals surface area (Å²) >= 11 is 0. The Morgan fingerprint density at radius 2 is 1.65 bits per heavy atom. The first-order chi connectivity index (χ1) is 11.1. The van der Waals surface area contributed by atoms with Crippen LogP contribution in [0.2, 0.25) is 0 Å². The Bertz CT molecular complexity index is 533. The number of hydrogen-bond acceptors (Lipinski definition) is 2. The first-order valence-corrected chi connectivity index (χ1v) is 8.79. The van der Waals surface area contributed by atoms with Crippen molar-refractivity contribution in [2.75, 3.05) is 18.4 Å². The van der Waals surface area contributed by atoms with Gasteiger partial charge < -0.3 is 10.2 Å². The van der Waals surface area contributed by atoms with Crippen LogP contribution in [0.25, 0.3) is 0 Å². The third-order valence-corrected chi connectivity index (χ3v) is 4.37. The number of nitrogens with one attached hydrogen (secondary N) is 1. The fraction of sp³-hybridized carbons (Fsp3) is 0.579. The highest BCUT2D eigenvalue weighted by atomic mass is 16.2. The molecule has 1 aliphatic rings. The van der Waals surface area contributed by atoms with E-state index in [0.29, 0.717) is 6.42 Å². The van der Waals surface area contributed by atoms with Crippen LogP contribution in [0.3, 0.4) is 0 Å². The normalized spacial score (nSPS) is 19.3. The number of carbonyl (C=O) groups excluding carboxylic acids is 2. The van der Waals surface area contributed by atoms with Crippen molar-refractivity contribution in [2.24, 2.45) is 11.8 Å². The summed E-state index contributed by atoms with van der Waals surface area (Å²) in [6, 6.07) is 7.90. The summed E-state index contributed by atoms with van der Waals surface area (Å²) < 4.78 is 0. The van der Waals surface area contributed by atoms with Gasteiger partial charge in [-0.3, -0.25) is 9.59 Å². The molecule has 2 atom stereocenters. The van der Waals surface area contributed by atoms with Gasteiger partial charge >= 0.3 is 0 Å². The zero-order valence-corrected chi connectivity index (χ0v) is 14.5. The minimum absolute atomic E-state index is 0.0273. The van der Waals surface area contributed by atoms with Gasteiger partial charge in [0, 0.05) is 18.8 Å². The van der Waals surface area contributed by atoms with Gasteiger partial charge in [0.15, 0.2) is 0 Å². The summed E-state index contributed by atoms with van der Waals surface area (Å²) in [5.74, 6) is -0.164. The van der Waals surface area contributed by atoms with Crippen LogP contribution in [-0.4, -0.2) is 29.8 Å². The molecule has 23 heavy (non-hydrogen) atoms. The molecule has 2 amide bonds. The van der Waals surface area contributed by atoms with Gasteiger partial charge in [-0.25, -0.2) is 0 Å². The first kappa shape index (κ1) is 17.5. The molecular weight excluding hydrogens is 288 g/mol. The van der Waals surface area contributed by atoms with E-state index < -0.39 is 0 Å². The van der Waals surface area contributed by atoms with Crippen molar-refractivity contribution in [3.05, 3.63) is 29.8 Å². The Morgan fingerprint density at radius 3 is 2.17 bits per heavy atom. The predicted molar refractivity (Wildman–Crippen MR) is 93.2 cm³/mol. The highest BCUT2D eigenvalue weighted by molar-refractivity contribution is 5.99. The molecule has 0 radical (unpaired) electrons. The molecule has 2 rings (SSSR count). The minimum Gasteiger partial charge on any atom is -0.342 e. The molecular formula is C19H28N2O2. The second-order valence-electron chi connectivity index (χ2n) is 6.31. The average molecular weight is 316 g/mol. The monoisotopic (exact) mass is 316 g/mol. The maximum atomic E-state index is 12.5. The molecule has 1 aromatic carbocycles. The lowest BCUT2D eigenvalue weighted by atomic mass is 10.1. The number of nitrogens with zero attached hydrogens (tertiary/aromatic N) is 1. The smallest absolute Gasteiger partial charge is 0.228 e. The third-order valence-electron chi connectivity index (χ3n) is 4.37. The van der Waals surface area contributed by atoms with Crippen LogP contribution in [0.1, 0.15) is 45.6 Å². The van der Waals surface area contributed by atoms with Gasteiger partial charge in [-0.2, -0.15) is 0 Å². The Balaban J connectivity index is 1.88. The Morgan fingerprint density at radius 1 is 1.04 bits per heavy atom. The van der Waals surface area contributed by atoms with Gasteiger partial charge in [0.05, 0.1) is 11.8 Å². The number of aryl methyl sites for hydroxylation is 1. The average Bonchev–Trinajstić information content (AvgIpc) is 3.35. The summed E-state index contributed by atoms with van der Waals surface area (Å²) in [5, 5.41) is 2.93. The van der Waals surface area contributed by atoms with Crippen LogP contribution in [0.15, 0.2) is 24.3 Å². The highest BCUT2D eigenvalue weighted by Crippen LogP contribution is 2.41. The lowest BCUT2D eigenvalue weighted by molar-refractivity contribution is -0.134. The molecule has 4 heteroatoms. The molecule has 0 heterocycles. The summed E-state index contributed by atoms with van der Waals surface area (Å²) in [5.41, 5.74) is 2.06. The second-order valence-corrected chi connectivity index (χ2v) is 6.31. The summed E-state index contributed by atoms with van der Waals surface area (Å²) in [6.45, 7) is 7.83. The molecule has 0 aromatic heterocycles. The molecule has 0 aliphatic heterocycles. The lowest BCUT2D eigenvalue weighted by Crippen LogP contribution is -2.34. The summed E-state index contributed by atoms with van der Waals surface area (Å²) in [4.78, 5) is 26.7. The van der Waals surface area contributed by atoms with Crippen LogP contribution in [0.4, 0.5) is 5.69 Å². The number of benzene rings is 1. The van der Waals surface area contributed by atoms with E-state index in [9.17, 15) is 9.59 Å². The van der Waals surface area contributed by atoms with E-state index in [0.717, 1.165) is 38.0 Å². The zero-order valence-electron chi connectivity index (χ0n) is 14.5. The standard InChI is InChI=1S/C19H28N2O2/c1-4-11-21(12-5-2)19(23)17-13-16(17)18(22)20-15-9-7-14(6-3)8-10-15/h7-10,16-17H,4-6,11-13H2,1-3H3,(H,20,22). The maximum Gasteiger partial charge on any atom is 0.228 e. The predicted octanol–water partition coefficient (Wildman–Crippen LogP) is 3.47. The molecule has 2 unspecified atom stereocenters. The van der Waals surface area contributed by atoms with E-state index in [4.69, 9.17) is 0 Å². The fourth-order valence-electron chi connectivity index (χ4n) is 2.92. The first-order valence-electron chi connectivity index (χ1n) is 8.79. The van der Waals surface area contributed by atoms with E-state index in [2.05, 4.69) is 26.1 Å². The second kappa shape index (κ2) is 8.14. The minimum atomic E-state index is -0.162. The van der Waals surface area contributed by atoms with Crippen molar-refractivity contribution in [1.29, 1.82) is 0 Å². The van der Waals surface area contributed by atoms with Gasteiger partial charge in [0.25, 0.3) is 0 Å². The zero-order chi connectivity index (χ0) is 16.8. The molecule has 0 bridgehead atoms.